The summed E-state index contributed by atoms with van der Waals surface area (Å²) in [6.45, 7) is 1.97. The maximum atomic E-state index is 12.7. The highest BCUT2D eigenvalue weighted by Crippen LogP contribution is 2.08. The molecule has 1 aliphatic rings. The van der Waals surface area contributed by atoms with Crippen LogP contribution in [0.1, 0.15) is 32.6 Å². The number of hydrogen-bond acceptors (Lipinski definition) is 7. The van der Waals surface area contributed by atoms with E-state index in [0.717, 1.165) is 13.0 Å². The van der Waals surface area contributed by atoms with Gasteiger partial charge in [0.25, 0.3) is 0 Å². The number of hydrogen-bond donors (Lipinski definition) is 6. The first kappa shape index (κ1) is 24.7. The molecular weight excluding hydrogens is 402 g/mol. The normalized spacial score (nSPS) is 18.9. The molecule has 4 amide bonds. The van der Waals surface area contributed by atoms with E-state index in [9.17, 15) is 24.0 Å². The van der Waals surface area contributed by atoms with Gasteiger partial charge in [-0.3, -0.25) is 24.0 Å². The van der Waals surface area contributed by atoms with E-state index in [1.807, 2.05) is 6.26 Å². The van der Waals surface area contributed by atoms with Crippen LogP contribution in [0.3, 0.4) is 0 Å². The Morgan fingerprint density at radius 2 is 1.79 bits per heavy atom. The van der Waals surface area contributed by atoms with E-state index >= 15 is 0 Å². The van der Waals surface area contributed by atoms with Crippen molar-refractivity contribution in [3.63, 3.8) is 0 Å². The van der Waals surface area contributed by atoms with Gasteiger partial charge in [-0.05, 0) is 44.7 Å². The van der Waals surface area contributed by atoms with Gasteiger partial charge in [-0.15, -0.1) is 0 Å². The van der Waals surface area contributed by atoms with E-state index in [-0.39, 0.29) is 11.9 Å². The highest BCUT2D eigenvalue weighted by molar-refractivity contribution is 7.98. The summed E-state index contributed by atoms with van der Waals surface area (Å²) in [4.78, 5) is 59.6. The van der Waals surface area contributed by atoms with Gasteiger partial charge in [0.05, 0.1) is 12.5 Å². The molecule has 4 atom stereocenters. The predicted molar refractivity (Wildman–Crippen MR) is 107 cm³/mol. The second-order valence-corrected chi connectivity index (χ2v) is 7.78. The molecule has 0 aromatic carbocycles. The summed E-state index contributed by atoms with van der Waals surface area (Å²) in [6.07, 6.45) is 3.20. The molecule has 1 heterocycles. The average molecular weight is 432 g/mol. The van der Waals surface area contributed by atoms with E-state index < -0.39 is 48.2 Å². The number of aliphatic carboxylic acids is 1. The fourth-order valence-corrected chi connectivity index (χ4v) is 3.22. The van der Waals surface area contributed by atoms with Gasteiger partial charge in [0.1, 0.15) is 18.1 Å². The molecule has 1 fully saturated rings. The predicted octanol–water partition coefficient (Wildman–Crippen LogP) is -2.07. The lowest BCUT2D eigenvalue weighted by Gasteiger charge is -2.24. The third-order valence-corrected chi connectivity index (χ3v) is 5.03. The molecule has 12 heteroatoms. The van der Waals surface area contributed by atoms with Crippen LogP contribution in [0.5, 0.6) is 0 Å². The molecule has 0 aliphatic carbocycles. The van der Waals surface area contributed by atoms with E-state index in [0.29, 0.717) is 18.6 Å². The van der Waals surface area contributed by atoms with Gasteiger partial charge >= 0.3 is 5.97 Å². The zero-order valence-corrected chi connectivity index (χ0v) is 17.3. The molecule has 0 aromatic rings. The smallest absolute Gasteiger partial charge is 0.325 e. The number of carboxylic acid groups (broad SMARTS) is 1. The highest BCUT2D eigenvalue weighted by atomic mass is 32.2. The van der Waals surface area contributed by atoms with Crippen LogP contribution in [0.4, 0.5) is 0 Å². The van der Waals surface area contributed by atoms with Crippen LogP contribution in [-0.4, -0.2) is 77.4 Å². The quantitative estimate of drug-likeness (QED) is 0.204. The number of primary amides is 1. The zero-order valence-electron chi connectivity index (χ0n) is 16.5. The van der Waals surface area contributed by atoms with Crippen molar-refractivity contribution in [3.8, 4) is 0 Å². The first-order valence-electron chi connectivity index (χ1n) is 9.30. The molecule has 1 aliphatic heterocycles. The Hall–Kier alpha value is -2.34. The third kappa shape index (κ3) is 8.69. The molecule has 11 nitrogen and oxygen atoms in total. The monoisotopic (exact) mass is 431 g/mol. The van der Waals surface area contributed by atoms with E-state index in [1.165, 1.54) is 18.7 Å². The first-order valence-corrected chi connectivity index (χ1v) is 10.7. The maximum Gasteiger partial charge on any atom is 0.325 e. The van der Waals surface area contributed by atoms with Crippen molar-refractivity contribution in [3.05, 3.63) is 0 Å². The molecule has 0 bridgehead atoms. The minimum absolute atomic E-state index is 0.306. The standard InChI is InChI=1S/C17H29N5O6S/c1-9(17(27)28)20-16(26)12(8-13(18)23)22-15(25)11(5-7-29-2)21-14(24)10-4-3-6-19-10/h9-12,19H,3-8H2,1-2H3,(H2,18,23)(H,20,26)(H,21,24)(H,22,25)(H,27,28). The van der Waals surface area contributed by atoms with E-state index in [2.05, 4.69) is 21.3 Å². The molecule has 0 saturated carbocycles. The molecule has 0 spiro atoms. The molecule has 164 valence electrons. The van der Waals surface area contributed by atoms with Crippen molar-refractivity contribution in [2.24, 2.45) is 5.73 Å². The van der Waals surface area contributed by atoms with Crippen LogP contribution in [0.15, 0.2) is 0 Å². The number of rotatable bonds is 12. The molecule has 1 saturated heterocycles. The second kappa shape index (κ2) is 12.3. The highest BCUT2D eigenvalue weighted by Gasteiger charge is 2.31. The Labute approximate surface area is 173 Å². The van der Waals surface area contributed by atoms with Gasteiger partial charge in [0.2, 0.25) is 23.6 Å². The summed E-state index contributed by atoms with van der Waals surface area (Å²) in [6, 6.07) is -3.84. The molecule has 1 rings (SSSR count). The molecule has 4 unspecified atom stereocenters. The lowest BCUT2D eigenvalue weighted by Crippen LogP contribution is -2.57. The Kier molecular flexibility index (Phi) is 10.5. The average Bonchev–Trinajstić information content (AvgIpc) is 3.18. The van der Waals surface area contributed by atoms with Crippen LogP contribution in [0, 0.1) is 0 Å². The second-order valence-electron chi connectivity index (χ2n) is 6.79. The Morgan fingerprint density at radius 1 is 1.14 bits per heavy atom. The fourth-order valence-electron chi connectivity index (χ4n) is 2.74. The number of nitrogens with one attached hydrogen (secondary N) is 4. The van der Waals surface area contributed by atoms with Gasteiger partial charge in [0, 0.05) is 0 Å². The number of amides is 4. The fraction of sp³-hybridized carbons (Fsp3) is 0.706. The number of carbonyl (C=O) groups is 5. The lowest BCUT2D eigenvalue weighted by atomic mass is 10.1. The summed E-state index contributed by atoms with van der Waals surface area (Å²) >= 11 is 1.49. The van der Waals surface area contributed by atoms with Crippen LogP contribution in [0.25, 0.3) is 0 Å². The number of carboxylic acids is 1. The van der Waals surface area contributed by atoms with Crippen molar-refractivity contribution in [2.75, 3.05) is 18.6 Å². The number of nitrogens with two attached hydrogens (primary N) is 1. The van der Waals surface area contributed by atoms with Crippen molar-refractivity contribution < 1.29 is 29.1 Å². The summed E-state index contributed by atoms with van der Waals surface area (Å²) in [5, 5.41) is 19.2. The summed E-state index contributed by atoms with van der Waals surface area (Å²) < 4.78 is 0. The lowest BCUT2D eigenvalue weighted by molar-refractivity contribution is -0.142. The van der Waals surface area contributed by atoms with Crippen LogP contribution < -0.4 is 27.0 Å². The first-order chi connectivity index (χ1) is 13.6. The number of carbonyl (C=O) groups excluding carboxylic acids is 4. The van der Waals surface area contributed by atoms with Gasteiger partial charge in [-0.2, -0.15) is 11.8 Å². The third-order valence-electron chi connectivity index (χ3n) is 4.39. The Bertz CT molecular complexity index is 625. The summed E-state index contributed by atoms with van der Waals surface area (Å²) in [5.41, 5.74) is 5.15. The van der Waals surface area contributed by atoms with E-state index in [1.54, 1.807) is 0 Å². The summed E-state index contributed by atoms with van der Waals surface area (Å²) in [7, 11) is 0. The van der Waals surface area contributed by atoms with Crippen LogP contribution in [-0.2, 0) is 24.0 Å². The summed E-state index contributed by atoms with van der Waals surface area (Å²) in [5.74, 6) is -3.32. The number of thioether (sulfide) groups is 1. The topological polar surface area (TPSA) is 180 Å². The maximum absolute atomic E-state index is 12.7. The van der Waals surface area contributed by atoms with Crippen LogP contribution >= 0.6 is 11.8 Å². The van der Waals surface area contributed by atoms with Crippen molar-refractivity contribution in [2.45, 2.75) is 56.8 Å². The largest absolute Gasteiger partial charge is 0.480 e. The molecular formula is C17H29N5O6S. The molecule has 0 aromatic heterocycles. The minimum Gasteiger partial charge on any atom is -0.480 e. The SMILES string of the molecule is CSCCC(NC(=O)C1CCCN1)C(=O)NC(CC(N)=O)C(=O)NC(C)C(=O)O. The molecule has 29 heavy (non-hydrogen) atoms. The molecule has 7 N–H and O–H groups in total. The Balaban J connectivity index is 2.83. The van der Waals surface area contributed by atoms with Crippen molar-refractivity contribution in [1.29, 1.82) is 0 Å². The Morgan fingerprint density at radius 3 is 2.31 bits per heavy atom. The van der Waals surface area contributed by atoms with Crippen LogP contribution in [0.2, 0.25) is 0 Å². The molecule has 0 radical (unpaired) electrons. The minimum atomic E-state index is -1.35. The van der Waals surface area contributed by atoms with Gasteiger partial charge in [0.15, 0.2) is 0 Å². The zero-order chi connectivity index (χ0) is 22.0. The van der Waals surface area contributed by atoms with Crippen molar-refractivity contribution in [1.82, 2.24) is 21.3 Å². The van der Waals surface area contributed by atoms with Gasteiger partial charge in [-0.25, -0.2) is 0 Å². The van der Waals surface area contributed by atoms with Gasteiger partial charge in [-0.1, -0.05) is 0 Å². The van der Waals surface area contributed by atoms with Gasteiger partial charge < -0.3 is 32.1 Å². The van der Waals surface area contributed by atoms with E-state index in [4.69, 9.17) is 10.8 Å². The van der Waals surface area contributed by atoms with Crippen molar-refractivity contribution >= 4 is 41.4 Å².